The topological polar surface area (TPSA) is 50.4 Å². The summed E-state index contributed by atoms with van der Waals surface area (Å²) < 4.78 is 5.52. The van der Waals surface area contributed by atoms with Gasteiger partial charge in [-0.3, -0.25) is 4.79 Å². The summed E-state index contributed by atoms with van der Waals surface area (Å²) in [7, 11) is 0. The van der Waals surface area contributed by atoms with Crippen molar-refractivity contribution in [3.8, 4) is 5.75 Å². The molecule has 1 aromatic carbocycles. The van der Waals surface area contributed by atoms with Crippen molar-refractivity contribution in [3.05, 3.63) is 24.3 Å². The van der Waals surface area contributed by atoms with Crippen LogP contribution in [0.2, 0.25) is 0 Å². The summed E-state index contributed by atoms with van der Waals surface area (Å²) in [6.45, 7) is 3.18. The molecule has 0 unspecified atom stereocenters. The minimum Gasteiger partial charge on any atom is -0.494 e. The fraction of sp³-hybridized carbons (Fsp3) is 0.588. The lowest BCUT2D eigenvalue weighted by Gasteiger charge is -2.22. The maximum atomic E-state index is 11.9. The molecular formula is C17H26N2O2. The number of carbonyl (C=O) groups is 1. The number of hydrogen-bond acceptors (Lipinski definition) is 3. The van der Waals surface area contributed by atoms with Gasteiger partial charge in [-0.15, -0.1) is 0 Å². The number of carbonyl (C=O) groups excluding carboxylic acids is 1. The van der Waals surface area contributed by atoms with Crippen LogP contribution in [0.15, 0.2) is 24.3 Å². The molecule has 0 atom stereocenters. The molecule has 21 heavy (non-hydrogen) atoms. The van der Waals surface area contributed by atoms with Crippen molar-refractivity contribution in [1.82, 2.24) is 5.32 Å². The highest BCUT2D eigenvalue weighted by molar-refractivity contribution is 5.92. The SMILES string of the molecule is CCCOc1ccc(NC(=O)CNC2CCCCC2)cc1. The second-order valence-electron chi connectivity index (χ2n) is 5.64. The van der Waals surface area contributed by atoms with E-state index in [1.54, 1.807) is 0 Å². The number of benzene rings is 1. The molecule has 0 aliphatic heterocycles. The van der Waals surface area contributed by atoms with Crippen molar-refractivity contribution in [2.24, 2.45) is 0 Å². The molecule has 1 saturated carbocycles. The van der Waals surface area contributed by atoms with Gasteiger partial charge in [-0.2, -0.15) is 0 Å². The van der Waals surface area contributed by atoms with Gasteiger partial charge in [0.25, 0.3) is 0 Å². The minimum absolute atomic E-state index is 0.0165. The average molecular weight is 290 g/mol. The Morgan fingerprint density at radius 3 is 2.57 bits per heavy atom. The van der Waals surface area contributed by atoms with Gasteiger partial charge in [0.05, 0.1) is 13.2 Å². The van der Waals surface area contributed by atoms with Gasteiger partial charge >= 0.3 is 0 Å². The molecule has 2 rings (SSSR count). The minimum atomic E-state index is 0.0165. The summed E-state index contributed by atoms with van der Waals surface area (Å²) in [5.74, 6) is 0.859. The highest BCUT2D eigenvalue weighted by atomic mass is 16.5. The van der Waals surface area contributed by atoms with E-state index in [2.05, 4.69) is 17.6 Å². The summed E-state index contributed by atoms with van der Waals surface area (Å²) >= 11 is 0. The molecule has 116 valence electrons. The average Bonchev–Trinajstić information content (AvgIpc) is 2.53. The van der Waals surface area contributed by atoms with E-state index in [1.807, 2.05) is 24.3 Å². The van der Waals surface area contributed by atoms with E-state index < -0.39 is 0 Å². The molecule has 1 fully saturated rings. The van der Waals surface area contributed by atoms with Gasteiger partial charge < -0.3 is 15.4 Å². The highest BCUT2D eigenvalue weighted by Crippen LogP contribution is 2.17. The first-order valence-electron chi connectivity index (χ1n) is 8.04. The molecule has 0 aromatic heterocycles. The van der Waals surface area contributed by atoms with Crippen LogP contribution in [0.4, 0.5) is 5.69 Å². The van der Waals surface area contributed by atoms with Crippen LogP contribution in [0, 0.1) is 0 Å². The second-order valence-corrected chi connectivity index (χ2v) is 5.64. The molecule has 0 bridgehead atoms. The molecular weight excluding hydrogens is 264 g/mol. The lowest BCUT2D eigenvalue weighted by atomic mass is 9.95. The molecule has 0 heterocycles. The molecule has 1 amide bonds. The molecule has 1 aliphatic rings. The molecule has 1 aromatic rings. The lowest BCUT2D eigenvalue weighted by Crippen LogP contribution is -2.37. The van der Waals surface area contributed by atoms with Gasteiger partial charge in [-0.05, 0) is 43.5 Å². The largest absolute Gasteiger partial charge is 0.494 e. The van der Waals surface area contributed by atoms with Crippen LogP contribution >= 0.6 is 0 Å². The van der Waals surface area contributed by atoms with Crippen molar-refractivity contribution < 1.29 is 9.53 Å². The quantitative estimate of drug-likeness (QED) is 0.810. The van der Waals surface area contributed by atoms with E-state index in [4.69, 9.17) is 4.74 Å². The zero-order valence-corrected chi connectivity index (χ0v) is 12.9. The standard InChI is InChI=1S/C17H26N2O2/c1-2-12-21-16-10-8-15(9-11-16)19-17(20)13-18-14-6-4-3-5-7-14/h8-11,14,18H,2-7,12-13H2,1H3,(H,19,20). The van der Waals surface area contributed by atoms with E-state index >= 15 is 0 Å². The normalized spacial score (nSPS) is 15.7. The molecule has 0 radical (unpaired) electrons. The van der Waals surface area contributed by atoms with Crippen LogP contribution in [-0.4, -0.2) is 25.1 Å². The van der Waals surface area contributed by atoms with Gasteiger partial charge in [0.2, 0.25) is 5.91 Å². The van der Waals surface area contributed by atoms with Gasteiger partial charge in [0, 0.05) is 11.7 Å². The Kier molecular flexibility index (Phi) is 6.54. The maximum Gasteiger partial charge on any atom is 0.238 e. The van der Waals surface area contributed by atoms with Crippen LogP contribution in [-0.2, 0) is 4.79 Å². The smallest absolute Gasteiger partial charge is 0.238 e. The van der Waals surface area contributed by atoms with Crippen molar-refractivity contribution in [3.63, 3.8) is 0 Å². The number of anilines is 1. The summed E-state index contributed by atoms with van der Waals surface area (Å²) in [6.07, 6.45) is 7.26. The Hall–Kier alpha value is -1.55. The zero-order valence-electron chi connectivity index (χ0n) is 12.9. The Bertz CT molecular complexity index is 425. The monoisotopic (exact) mass is 290 g/mol. The Balaban J connectivity index is 1.71. The highest BCUT2D eigenvalue weighted by Gasteiger charge is 2.13. The number of rotatable bonds is 7. The molecule has 2 N–H and O–H groups in total. The molecule has 1 aliphatic carbocycles. The van der Waals surface area contributed by atoms with Crippen LogP contribution in [0.25, 0.3) is 0 Å². The van der Waals surface area contributed by atoms with Crippen LogP contribution in [0.1, 0.15) is 45.4 Å². The van der Waals surface area contributed by atoms with Crippen LogP contribution < -0.4 is 15.4 Å². The maximum absolute atomic E-state index is 11.9. The fourth-order valence-corrected chi connectivity index (χ4v) is 2.60. The third kappa shape index (κ3) is 5.76. The number of hydrogen-bond donors (Lipinski definition) is 2. The van der Waals surface area contributed by atoms with E-state index in [0.717, 1.165) is 24.5 Å². The molecule has 4 heteroatoms. The van der Waals surface area contributed by atoms with Gasteiger partial charge in [0.1, 0.15) is 5.75 Å². The van der Waals surface area contributed by atoms with E-state index in [1.165, 1.54) is 32.1 Å². The first-order chi connectivity index (χ1) is 10.3. The Morgan fingerprint density at radius 2 is 1.90 bits per heavy atom. The van der Waals surface area contributed by atoms with E-state index in [9.17, 15) is 4.79 Å². The van der Waals surface area contributed by atoms with Gasteiger partial charge in [-0.1, -0.05) is 26.2 Å². The van der Waals surface area contributed by atoms with Crippen molar-refractivity contribution in [2.45, 2.75) is 51.5 Å². The van der Waals surface area contributed by atoms with Gasteiger partial charge in [-0.25, -0.2) is 0 Å². The second kappa shape index (κ2) is 8.67. The molecule has 0 saturated heterocycles. The Labute approximate surface area is 127 Å². The number of ether oxygens (including phenoxy) is 1. The molecule has 4 nitrogen and oxygen atoms in total. The lowest BCUT2D eigenvalue weighted by molar-refractivity contribution is -0.115. The Morgan fingerprint density at radius 1 is 1.19 bits per heavy atom. The van der Waals surface area contributed by atoms with Crippen LogP contribution in [0.3, 0.4) is 0 Å². The first kappa shape index (κ1) is 15.8. The summed E-state index contributed by atoms with van der Waals surface area (Å²) in [4.78, 5) is 11.9. The van der Waals surface area contributed by atoms with Gasteiger partial charge in [0.15, 0.2) is 0 Å². The zero-order chi connectivity index (χ0) is 14.9. The number of amides is 1. The third-order valence-corrected chi connectivity index (χ3v) is 3.77. The predicted octanol–water partition coefficient (Wildman–Crippen LogP) is 3.34. The summed E-state index contributed by atoms with van der Waals surface area (Å²) in [5, 5.41) is 6.25. The first-order valence-corrected chi connectivity index (χ1v) is 8.04. The van der Waals surface area contributed by atoms with Crippen LogP contribution in [0.5, 0.6) is 5.75 Å². The van der Waals surface area contributed by atoms with Crippen molar-refractivity contribution in [2.75, 3.05) is 18.5 Å². The van der Waals surface area contributed by atoms with E-state index in [0.29, 0.717) is 12.6 Å². The molecule has 0 spiro atoms. The fourth-order valence-electron chi connectivity index (χ4n) is 2.60. The third-order valence-electron chi connectivity index (χ3n) is 3.77. The summed E-state index contributed by atoms with van der Waals surface area (Å²) in [5.41, 5.74) is 0.814. The number of nitrogens with one attached hydrogen (secondary N) is 2. The summed E-state index contributed by atoms with van der Waals surface area (Å²) in [6, 6.07) is 8.04. The van der Waals surface area contributed by atoms with E-state index in [-0.39, 0.29) is 5.91 Å². The van der Waals surface area contributed by atoms with Crippen molar-refractivity contribution in [1.29, 1.82) is 0 Å². The van der Waals surface area contributed by atoms with Crippen molar-refractivity contribution >= 4 is 11.6 Å². The predicted molar refractivity (Wildman–Crippen MR) is 85.7 cm³/mol.